The first-order valence-electron chi connectivity index (χ1n) is 8.28. The van der Waals surface area contributed by atoms with E-state index in [1.54, 1.807) is 22.6 Å². The molecule has 3 aromatic heterocycles. The van der Waals surface area contributed by atoms with Crippen LogP contribution in [0.25, 0.3) is 11.0 Å². The van der Waals surface area contributed by atoms with Gasteiger partial charge in [-0.15, -0.1) is 0 Å². The molecule has 0 saturated carbocycles. The highest BCUT2D eigenvalue weighted by atomic mass is 32.2. The van der Waals surface area contributed by atoms with Crippen molar-refractivity contribution in [2.24, 2.45) is 7.05 Å². The SMILES string of the molecule is Cc1nn(C)c2ncc(NC(=O)c3ccc(CSc4ncn[nH]4)cc3)cc12. The molecule has 136 valence electrons. The van der Waals surface area contributed by atoms with Crippen LogP contribution in [0.4, 0.5) is 5.69 Å². The fourth-order valence-electron chi connectivity index (χ4n) is 2.75. The van der Waals surface area contributed by atoms with Crippen LogP contribution in [0.5, 0.6) is 0 Å². The monoisotopic (exact) mass is 379 g/mol. The van der Waals surface area contributed by atoms with Crippen LogP contribution in [0.2, 0.25) is 0 Å². The topological polar surface area (TPSA) is 101 Å². The summed E-state index contributed by atoms with van der Waals surface area (Å²) in [5.41, 5.74) is 4.01. The number of rotatable bonds is 5. The Balaban J connectivity index is 1.44. The van der Waals surface area contributed by atoms with Gasteiger partial charge in [0.05, 0.1) is 17.6 Å². The second kappa shape index (κ2) is 7.20. The number of pyridine rings is 1. The first kappa shape index (κ1) is 17.2. The number of H-pyrrole nitrogens is 1. The van der Waals surface area contributed by atoms with Crippen molar-refractivity contribution in [1.82, 2.24) is 29.9 Å². The summed E-state index contributed by atoms with van der Waals surface area (Å²) in [4.78, 5) is 21.0. The Morgan fingerprint density at radius 2 is 2.07 bits per heavy atom. The molecular weight excluding hydrogens is 362 g/mol. The fourth-order valence-corrected chi connectivity index (χ4v) is 3.48. The summed E-state index contributed by atoms with van der Waals surface area (Å²) >= 11 is 1.56. The van der Waals surface area contributed by atoms with Gasteiger partial charge in [0.2, 0.25) is 0 Å². The van der Waals surface area contributed by atoms with E-state index in [2.05, 4.69) is 30.6 Å². The van der Waals surface area contributed by atoms with Crippen LogP contribution in [-0.4, -0.2) is 35.9 Å². The molecule has 0 unspecified atom stereocenters. The average Bonchev–Trinajstić information content (AvgIpc) is 3.29. The molecule has 0 saturated heterocycles. The van der Waals surface area contributed by atoms with Crippen molar-refractivity contribution < 1.29 is 4.79 Å². The maximum absolute atomic E-state index is 12.5. The van der Waals surface area contributed by atoms with Crippen molar-refractivity contribution in [1.29, 1.82) is 0 Å². The van der Waals surface area contributed by atoms with E-state index < -0.39 is 0 Å². The van der Waals surface area contributed by atoms with Gasteiger partial charge in [-0.25, -0.2) is 9.97 Å². The van der Waals surface area contributed by atoms with Crippen molar-refractivity contribution in [3.8, 4) is 0 Å². The van der Waals surface area contributed by atoms with Gasteiger partial charge in [0.1, 0.15) is 6.33 Å². The molecule has 0 fully saturated rings. The van der Waals surface area contributed by atoms with Crippen LogP contribution in [0.3, 0.4) is 0 Å². The number of hydrogen-bond acceptors (Lipinski definition) is 6. The van der Waals surface area contributed by atoms with Gasteiger partial charge in [0, 0.05) is 23.8 Å². The predicted octanol–water partition coefficient (Wildman–Crippen LogP) is 2.94. The number of hydrogen-bond donors (Lipinski definition) is 2. The van der Waals surface area contributed by atoms with Crippen LogP contribution >= 0.6 is 11.8 Å². The van der Waals surface area contributed by atoms with Crippen LogP contribution < -0.4 is 5.32 Å². The summed E-state index contributed by atoms with van der Waals surface area (Å²) < 4.78 is 1.73. The summed E-state index contributed by atoms with van der Waals surface area (Å²) in [6.45, 7) is 1.92. The second-order valence-electron chi connectivity index (χ2n) is 6.03. The molecular formula is C18H17N7OS. The lowest BCUT2D eigenvalue weighted by Gasteiger charge is -2.06. The molecule has 9 heteroatoms. The molecule has 0 aliphatic rings. The Morgan fingerprint density at radius 3 is 2.81 bits per heavy atom. The summed E-state index contributed by atoms with van der Waals surface area (Å²) in [6, 6.07) is 9.39. The van der Waals surface area contributed by atoms with Gasteiger partial charge in [0.25, 0.3) is 5.91 Å². The molecule has 0 radical (unpaired) electrons. The minimum Gasteiger partial charge on any atom is -0.321 e. The smallest absolute Gasteiger partial charge is 0.255 e. The molecule has 0 bridgehead atoms. The first-order chi connectivity index (χ1) is 13.1. The lowest BCUT2D eigenvalue weighted by molar-refractivity contribution is 0.102. The number of fused-ring (bicyclic) bond motifs is 1. The number of aromatic nitrogens is 6. The second-order valence-corrected chi connectivity index (χ2v) is 7.00. The highest BCUT2D eigenvalue weighted by Crippen LogP contribution is 2.21. The minimum atomic E-state index is -0.174. The van der Waals surface area contributed by atoms with E-state index >= 15 is 0 Å². The number of benzene rings is 1. The van der Waals surface area contributed by atoms with Gasteiger partial charge >= 0.3 is 0 Å². The van der Waals surface area contributed by atoms with Crippen molar-refractivity contribution >= 4 is 34.4 Å². The zero-order valence-corrected chi connectivity index (χ0v) is 15.6. The maximum Gasteiger partial charge on any atom is 0.255 e. The molecule has 27 heavy (non-hydrogen) atoms. The molecule has 0 atom stereocenters. The largest absolute Gasteiger partial charge is 0.321 e. The molecule has 4 aromatic rings. The fraction of sp³-hybridized carbons (Fsp3) is 0.167. The lowest BCUT2D eigenvalue weighted by atomic mass is 10.1. The number of nitrogens with one attached hydrogen (secondary N) is 2. The highest BCUT2D eigenvalue weighted by Gasteiger charge is 2.10. The Morgan fingerprint density at radius 1 is 1.26 bits per heavy atom. The van der Waals surface area contributed by atoms with Gasteiger partial charge < -0.3 is 5.32 Å². The number of anilines is 1. The van der Waals surface area contributed by atoms with E-state index in [4.69, 9.17) is 0 Å². The van der Waals surface area contributed by atoms with Crippen LogP contribution in [0, 0.1) is 6.92 Å². The number of carbonyl (C=O) groups is 1. The van der Waals surface area contributed by atoms with Gasteiger partial charge in [-0.05, 0) is 30.7 Å². The van der Waals surface area contributed by atoms with E-state index in [1.807, 2.05) is 44.3 Å². The number of aryl methyl sites for hydroxylation is 2. The zero-order chi connectivity index (χ0) is 18.8. The summed E-state index contributed by atoms with van der Waals surface area (Å²) in [5.74, 6) is 0.574. The molecule has 0 aliphatic carbocycles. The van der Waals surface area contributed by atoms with Gasteiger partial charge in [-0.1, -0.05) is 23.9 Å². The number of amides is 1. The Labute approximate surface area is 159 Å². The molecule has 2 N–H and O–H groups in total. The maximum atomic E-state index is 12.5. The molecule has 3 heterocycles. The molecule has 0 aliphatic heterocycles. The third-order valence-corrected chi connectivity index (χ3v) is 5.05. The van der Waals surface area contributed by atoms with Crippen molar-refractivity contribution in [3.63, 3.8) is 0 Å². The predicted molar refractivity (Wildman–Crippen MR) is 104 cm³/mol. The van der Waals surface area contributed by atoms with Crippen LogP contribution in [-0.2, 0) is 12.8 Å². The number of aromatic amines is 1. The molecule has 1 aromatic carbocycles. The van der Waals surface area contributed by atoms with E-state index in [9.17, 15) is 4.79 Å². The number of thioether (sulfide) groups is 1. The first-order valence-corrected chi connectivity index (χ1v) is 9.26. The van der Waals surface area contributed by atoms with E-state index in [-0.39, 0.29) is 5.91 Å². The Kier molecular flexibility index (Phi) is 4.59. The minimum absolute atomic E-state index is 0.174. The molecule has 1 amide bonds. The third kappa shape index (κ3) is 3.68. The quantitative estimate of drug-likeness (QED) is 0.517. The molecule has 0 spiro atoms. The van der Waals surface area contributed by atoms with Gasteiger partial charge in [0.15, 0.2) is 10.8 Å². The van der Waals surface area contributed by atoms with Crippen molar-refractivity contribution in [2.45, 2.75) is 17.8 Å². The third-order valence-electron chi connectivity index (χ3n) is 4.11. The standard InChI is InChI=1S/C18H17N7OS/c1-11-15-7-14(8-19-16(15)25(2)24-11)22-17(26)13-5-3-12(4-6-13)9-27-18-20-10-21-23-18/h3-8,10H,9H2,1-2H3,(H,22,26)(H,20,21,23). The van der Waals surface area contributed by atoms with E-state index in [0.29, 0.717) is 11.3 Å². The Hall–Kier alpha value is -3.20. The van der Waals surface area contributed by atoms with Crippen LogP contribution in [0.1, 0.15) is 21.6 Å². The molecule has 4 rings (SSSR count). The summed E-state index contributed by atoms with van der Waals surface area (Å²) in [6.07, 6.45) is 3.12. The summed E-state index contributed by atoms with van der Waals surface area (Å²) in [7, 11) is 1.85. The Bertz CT molecular complexity index is 1090. The van der Waals surface area contributed by atoms with E-state index in [0.717, 1.165) is 33.2 Å². The van der Waals surface area contributed by atoms with Crippen molar-refractivity contribution in [2.75, 3.05) is 5.32 Å². The number of nitrogens with zero attached hydrogens (tertiary/aromatic N) is 5. The lowest BCUT2D eigenvalue weighted by Crippen LogP contribution is -2.12. The van der Waals surface area contributed by atoms with Gasteiger partial charge in [-0.2, -0.15) is 10.2 Å². The van der Waals surface area contributed by atoms with Crippen LogP contribution in [0.15, 0.2) is 48.0 Å². The number of carbonyl (C=O) groups excluding carboxylic acids is 1. The summed E-state index contributed by atoms with van der Waals surface area (Å²) in [5, 5.41) is 15.6. The highest BCUT2D eigenvalue weighted by molar-refractivity contribution is 7.98. The normalized spacial score (nSPS) is 11.0. The van der Waals surface area contributed by atoms with E-state index in [1.165, 1.54) is 6.33 Å². The van der Waals surface area contributed by atoms with Gasteiger partial charge in [-0.3, -0.25) is 14.6 Å². The van der Waals surface area contributed by atoms with Crippen molar-refractivity contribution in [3.05, 3.63) is 59.7 Å². The average molecular weight is 379 g/mol. The zero-order valence-electron chi connectivity index (χ0n) is 14.8. The molecule has 8 nitrogen and oxygen atoms in total.